The molecule has 6 heteroatoms. The summed E-state index contributed by atoms with van der Waals surface area (Å²) in [6, 6.07) is 7.19. The van der Waals surface area contributed by atoms with E-state index in [1.165, 1.54) is 0 Å². The highest BCUT2D eigenvalue weighted by molar-refractivity contribution is 9.11. The summed E-state index contributed by atoms with van der Waals surface area (Å²) in [5.41, 5.74) is 3.06. The fourth-order valence-corrected chi connectivity index (χ4v) is 3.71. The highest BCUT2D eigenvalue weighted by Crippen LogP contribution is 2.32. The van der Waals surface area contributed by atoms with Gasteiger partial charge in [-0.1, -0.05) is 18.5 Å². The fraction of sp³-hybridized carbons (Fsp3) is 0.200. The van der Waals surface area contributed by atoms with Gasteiger partial charge in [-0.2, -0.15) is 0 Å². The molecule has 21 heavy (non-hydrogen) atoms. The predicted octanol–water partition coefficient (Wildman–Crippen LogP) is 5.38. The molecule has 0 spiro atoms. The Morgan fingerprint density at radius 3 is 2.43 bits per heavy atom. The molecule has 0 fully saturated rings. The van der Waals surface area contributed by atoms with Crippen molar-refractivity contribution in [3.8, 4) is 0 Å². The molecule has 1 N–H and O–H groups in total. The van der Waals surface area contributed by atoms with Gasteiger partial charge in [0.25, 0.3) is 5.91 Å². The number of aromatic nitrogens is 1. The molecule has 0 radical (unpaired) electrons. The molecule has 0 atom stereocenters. The lowest BCUT2D eigenvalue weighted by atomic mass is 10.1. The van der Waals surface area contributed by atoms with E-state index >= 15 is 0 Å². The zero-order chi connectivity index (χ0) is 15.6. The predicted molar refractivity (Wildman–Crippen MR) is 93.2 cm³/mol. The quantitative estimate of drug-likeness (QED) is 0.662. The van der Waals surface area contributed by atoms with E-state index in [2.05, 4.69) is 42.2 Å². The average molecular weight is 433 g/mol. The summed E-state index contributed by atoms with van der Waals surface area (Å²) in [7, 11) is 0. The summed E-state index contributed by atoms with van der Waals surface area (Å²) in [5, 5.41) is 3.20. The lowest BCUT2D eigenvalue weighted by Crippen LogP contribution is -2.13. The van der Waals surface area contributed by atoms with Crippen LogP contribution in [0.15, 0.2) is 33.2 Å². The number of hydrogen-bond acceptors (Lipinski definition) is 2. The Balaban J connectivity index is 2.32. The first-order valence-electron chi connectivity index (χ1n) is 6.34. The van der Waals surface area contributed by atoms with Crippen LogP contribution in [0.3, 0.4) is 0 Å². The normalized spacial score (nSPS) is 10.5. The van der Waals surface area contributed by atoms with Crippen molar-refractivity contribution in [2.75, 3.05) is 5.32 Å². The number of halogens is 3. The lowest BCUT2D eigenvalue weighted by molar-refractivity contribution is 0.102. The highest BCUT2D eigenvalue weighted by Gasteiger charge is 2.13. The van der Waals surface area contributed by atoms with Crippen molar-refractivity contribution in [1.82, 2.24) is 4.98 Å². The standard InChI is InChI=1S/C15H13Br2ClN2O/c1-3-10-6-9(7-13(18)19-10)15(21)20-14-11(16)4-8(2)5-12(14)17/h4-7H,3H2,1-2H3,(H,20,21). The van der Waals surface area contributed by atoms with Gasteiger partial charge in [-0.15, -0.1) is 0 Å². The van der Waals surface area contributed by atoms with Crippen LogP contribution in [0.1, 0.15) is 28.5 Å². The number of carbonyl (C=O) groups excluding carboxylic acids is 1. The van der Waals surface area contributed by atoms with Crippen molar-refractivity contribution in [3.63, 3.8) is 0 Å². The van der Waals surface area contributed by atoms with E-state index < -0.39 is 0 Å². The minimum Gasteiger partial charge on any atom is -0.320 e. The van der Waals surface area contributed by atoms with Crippen molar-refractivity contribution < 1.29 is 4.79 Å². The molecule has 0 aliphatic heterocycles. The monoisotopic (exact) mass is 430 g/mol. The zero-order valence-electron chi connectivity index (χ0n) is 11.5. The third kappa shape index (κ3) is 4.05. The van der Waals surface area contributed by atoms with Gasteiger partial charge in [0.05, 0.1) is 5.69 Å². The molecule has 0 bridgehead atoms. The van der Waals surface area contributed by atoms with E-state index in [4.69, 9.17) is 11.6 Å². The van der Waals surface area contributed by atoms with Crippen LogP contribution in [-0.2, 0) is 6.42 Å². The maximum absolute atomic E-state index is 12.4. The molecule has 3 nitrogen and oxygen atoms in total. The molecule has 110 valence electrons. The number of pyridine rings is 1. The highest BCUT2D eigenvalue weighted by atomic mass is 79.9. The maximum Gasteiger partial charge on any atom is 0.255 e. The Morgan fingerprint density at radius 1 is 1.24 bits per heavy atom. The number of nitrogens with one attached hydrogen (secondary N) is 1. The van der Waals surface area contributed by atoms with Crippen LogP contribution in [0.25, 0.3) is 0 Å². The molecule has 0 saturated heterocycles. The molecule has 1 aromatic heterocycles. The Hall–Kier alpha value is -0.910. The number of anilines is 1. The van der Waals surface area contributed by atoms with Crippen LogP contribution < -0.4 is 5.32 Å². The van der Waals surface area contributed by atoms with Gasteiger partial charge in [0.15, 0.2) is 0 Å². The summed E-state index contributed by atoms with van der Waals surface area (Å²) >= 11 is 12.9. The summed E-state index contributed by atoms with van der Waals surface area (Å²) in [6.45, 7) is 3.95. The Morgan fingerprint density at radius 2 is 1.86 bits per heavy atom. The van der Waals surface area contributed by atoms with E-state index in [-0.39, 0.29) is 5.91 Å². The third-order valence-electron chi connectivity index (χ3n) is 2.90. The number of hydrogen-bond donors (Lipinski definition) is 1. The second kappa shape index (κ2) is 6.90. The molecule has 0 unspecified atom stereocenters. The van der Waals surface area contributed by atoms with Gasteiger partial charge in [-0.25, -0.2) is 4.98 Å². The molecule has 1 amide bonds. The number of aryl methyl sites for hydroxylation is 2. The van der Waals surface area contributed by atoms with Gasteiger partial charge in [0.1, 0.15) is 5.15 Å². The van der Waals surface area contributed by atoms with Crippen molar-refractivity contribution in [2.24, 2.45) is 0 Å². The number of rotatable bonds is 3. The van der Waals surface area contributed by atoms with Crippen LogP contribution in [0.2, 0.25) is 5.15 Å². The Labute approximate surface area is 145 Å². The van der Waals surface area contributed by atoms with Crippen LogP contribution in [0, 0.1) is 6.92 Å². The van der Waals surface area contributed by atoms with Crippen LogP contribution >= 0.6 is 43.5 Å². The number of benzene rings is 1. The zero-order valence-corrected chi connectivity index (χ0v) is 15.4. The van der Waals surface area contributed by atoms with Crippen molar-refractivity contribution in [3.05, 3.63) is 55.2 Å². The van der Waals surface area contributed by atoms with Gasteiger partial charge in [-0.05, 0) is 75.0 Å². The summed E-state index contributed by atoms with van der Waals surface area (Å²) < 4.78 is 1.64. The summed E-state index contributed by atoms with van der Waals surface area (Å²) in [5.74, 6) is -0.223. The topological polar surface area (TPSA) is 42.0 Å². The molecule has 1 heterocycles. The third-order valence-corrected chi connectivity index (χ3v) is 4.34. The van der Waals surface area contributed by atoms with Gasteiger partial charge >= 0.3 is 0 Å². The molecule has 2 rings (SSSR count). The molecule has 1 aromatic carbocycles. The fourth-order valence-electron chi connectivity index (χ4n) is 1.87. The second-order valence-electron chi connectivity index (χ2n) is 4.58. The van der Waals surface area contributed by atoms with E-state index in [9.17, 15) is 4.79 Å². The van der Waals surface area contributed by atoms with Gasteiger partial charge in [-0.3, -0.25) is 4.79 Å². The van der Waals surface area contributed by atoms with Crippen LogP contribution in [0.5, 0.6) is 0 Å². The van der Waals surface area contributed by atoms with E-state index in [1.807, 2.05) is 26.0 Å². The first-order valence-corrected chi connectivity index (χ1v) is 8.30. The van der Waals surface area contributed by atoms with E-state index in [1.54, 1.807) is 12.1 Å². The van der Waals surface area contributed by atoms with Gasteiger partial charge in [0, 0.05) is 20.2 Å². The minimum absolute atomic E-state index is 0.223. The van der Waals surface area contributed by atoms with Crippen molar-refractivity contribution in [2.45, 2.75) is 20.3 Å². The Bertz CT molecular complexity index is 681. The van der Waals surface area contributed by atoms with Gasteiger partial charge < -0.3 is 5.32 Å². The lowest BCUT2D eigenvalue weighted by Gasteiger charge is -2.11. The maximum atomic E-state index is 12.4. The average Bonchev–Trinajstić information content (AvgIpc) is 2.41. The van der Waals surface area contributed by atoms with Crippen molar-refractivity contribution >= 4 is 55.1 Å². The van der Waals surface area contributed by atoms with E-state index in [0.717, 1.165) is 26.6 Å². The molecule has 0 aliphatic carbocycles. The summed E-state index contributed by atoms with van der Waals surface area (Å²) in [6.07, 6.45) is 0.721. The van der Waals surface area contributed by atoms with E-state index in [0.29, 0.717) is 16.4 Å². The number of carbonyl (C=O) groups is 1. The smallest absolute Gasteiger partial charge is 0.255 e. The minimum atomic E-state index is -0.223. The second-order valence-corrected chi connectivity index (χ2v) is 6.68. The number of nitrogens with zero attached hydrogens (tertiary/aromatic N) is 1. The molecular weight excluding hydrogens is 419 g/mol. The molecule has 0 saturated carbocycles. The van der Waals surface area contributed by atoms with Crippen LogP contribution in [-0.4, -0.2) is 10.9 Å². The molecular formula is C15H13Br2ClN2O. The van der Waals surface area contributed by atoms with Crippen LogP contribution in [0.4, 0.5) is 5.69 Å². The first-order chi connectivity index (χ1) is 9.90. The number of amides is 1. The SMILES string of the molecule is CCc1cc(C(=O)Nc2c(Br)cc(C)cc2Br)cc(Cl)n1. The molecule has 2 aromatic rings. The Kier molecular flexibility index (Phi) is 5.41. The van der Waals surface area contributed by atoms with Crippen molar-refractivity contribution in [1.29, 1.82) is 0 Å². The van der Waals surface area contributed by atoms with Gasteiger partial charge in [0.2, 0.25) is 0 Å². The molecule has 0 aliphatic rings. The first kappa shape index (κ1) is 16.5. The largest absolute Gasteiger partial charge is 0.320 e. The summed E-state index contributed by atoms with van der Waals surface area (Å²) in [4.78, 5) is 16.5.